The fourth-order valence-corrected chi connectivity index (χ4v) is 2.78. The minimum atomic E-state index is -1.23. The zero-order chi connectivity index (χ0) is 19.3. The second-order valence-electron chi connectivity index (χ2n) is 4.98. The molecule has 0 saturated carbocycles. The summed E-state index contributed by atoms with van der Waals surface area (Å²) in [5.74, 6) is -2.40. The van der Waals surface area contributed by atoms with E-state index in [9.17, 15) is 14.0 Å². The molecule has 0 spiro atoms. The lowest BCUT2D eigenvalue weighted by Gasteiger charge is -2.13. The first-order chi connectivity index (χ1) is 12.3. The second-order valence-corrected chi connectivity index (χ2v) is 5.99. The van der Waals surface area contributed by atoms with Gasteiger partial charge in [-0.05, 0) is 30.8 Å². The van der Waals surface area contributed by atoms with E-state index in [1.165, 1.54) is 39.3 Å². The van der Waals surface area contributed by atoms with Gasteiger partial charge in [0, 0.05) is 4.90 Å². The van der Waals surface area contributed by atoms with Gasteiger partial charge in [-0.2, -0.15) is 9.97 Å². The van der Waals surface area contributed by atoms with Crippen LogP contribution in [-0.4, -0.2) is 47.2 Å². The molecule has 2 rings (SSSR count). The van der Waals surface area contributed by atoms with Crippen LogP contribution in [-0.2, 0) is 4.79 Å². The van der Waals surface area contributed by atoms with Crippen molar-refractivity contribution in [3.63, 3.8) is 0 Å². The summed E-state index contributed by atoms with van der Waals surface area (Å²) < 4.78 is 24.3. The number of carboxylic acid groups (broad SMARTS) is 1. The van der Waals surface area contributed by atoms with Crippen LogP contribution in [0.4, 0.5) is 4.39 Å². The molecule has 1 heterocycles. The van der Waals surface area contributed by atoms with Gasteiger partial charge < -0.3 is 19.9 Å². The molecular weight excluding hydrogens is 365 g/mol. The molecular formula is C16H16FN3O5S. The molecule has 1 aromatic heterocycles. The van der Waals surface area contributed by atoms with Crippen molar-refractivity contribution in [1.29, 1.82) is 0 Å². The Morgan fingerprint density at radius 2 is 1.85 bits per heavy atom. The number of nitrogens with one attached hydrogen (secondary N) is 1. The Morgan fingerprint density at radius 1 is 1.23 bits per heavy atom. The average molecular weight is 381 g/mol. The molecule has 0 saturated heterocycles. The maximum absolute atomic E-state index is 14.2. The third-order valence-electron chi connectivity index (χ3n) is 3.20. The lowest BCUT2D eigenvalue weighted by molar-refractivity contribution is -0.138. The number of nitrogens with zero attached hydrogens (tertiary/aromatic N) is 2. The first-order valence-corrected chi connectivity index (χ1v) is 8.14. The fourth-order valence-electron chi connectivity index (χ4n) is 1.88. The first kappa shape index (κ1) is 19.4. The van der Waals surface area contributed by atoms with E-state index < -0.39 is 23.7 Å². The van der Waals surface area contributed by atoms with Crippen LogP contribution in [0, 0.1) is 5.82 Å². The number of carbonyl (C=O) groups excluding carboxylic acids is 1. The highest BCUT2D eigenvalue weighted by Crippen LogP contribution is 2.31. The Hall–Kier alpha value is -2.88. The third-order valence-corrected chi connectivity index (χ3v) is 4.12. The molecule has 26 heavy (non-hydrogen) atoms. The normalized spacial score (nSPS) is 11.5. The van der Waals surface area contributed by atoms with Crippen molar-refractivity contribution in [3.05, 3.63) is 35.6 Å². The molecule has 0 aliphatic rings. The smallest absolute Gasteiger partial charge is 0.325 e. The average Bonchev–Trinajstić information content (AvgIpc) is 2.61. The Balaban J connectivity index is 2.38. The SMILES string of the molecule is COc1cc(OC)nc(Sc2cccc(F)c2C(=O)NC(C)C(=O)O)n1. The van der Waals surface area contributed by atoms with Gasteiger partial charge in [-0.3, -0.25) is 9.59 Å². The van der Waals surface area contributed by atoms with Crippen molar-refractivity contribution in [2.75, 3.05) is 14.2 Å². The molecule has 2 aromatic rings. The predicted molar refractivity (Wildman–Crippen MR) is 90.2 cm³/mol. The molecule has 0 aliphatic heterocycles. The minimum Gasteiger partial charge on any atom is -0.481 e. The number of methoxy groups -OCH3 is 2. The monoisotopic (exact) mass is 381 g/mol. The standard InChI is InChI=1S/C16H16FN3O5S/c1-8(15(22)23)18-14(21)13-9(17)5-4-6-10(13)26-16-19-11(24-2)7-12(20-16)25-3/h4-8H,1-3H3,(H,18,21)(H,22,23). The van der Waals surface area contributed by atoms with Crippen molar-refractivity contribution in [2.45, 2.75) is 23.0 Å². The van der Waals surface area contributed by atoms with E-state index in [0.717, 1.165) is 17.8 Å². The Bertz CT molecular complexity index is 811. The molecule has 0 fully saturated rings. The first-order valence-electron chi connectivity index (χ1n) is 7.32. The van der Waals surface area contributed by atoms with Crippen molar-refractivity contribution in [3.8, 4) is 11.8 Å². The molecule has 1 unspecified atom stereocenters. The summed E-state index contributed by atoms with van der Waals surface area (Å²) in [6.07, 6.45) is 0. The largest absolute Gasteiger partial charge is 0.481 e. The summed E-state index contributed by atoms with van der Waals surface area (Å²) in [4.78, 5) is 31.7. The van der Waals surface area contributed by atoms with Crippen LogP contribution >= 0.6 is 11.8 Å². The van der Waals surface area contributed by atoms with Gasteiger partial charge in [0.25, 0.3) is 5.91 Å². The van der Waals surface area contributed by atoms with Crippen LogP contribution in [0.5, 0.6) is 11.8 Å². The summed E-state index contributed by atoms with van der Waals surface area (Å²) in [6, 6.07) is 4.33. The number of ether oxygens (including phenoxy) is 2. The second kappa shape index (κ2) is 8.48. The van der Waals surface area contributed by atoms with Gasteiger partial charge in [-0.15, -0.1) is 0 Å². The molecule has 1 atom stereocenters. The zero-order valence-electron chi connectivity index (χ0n) is 14.1. The molecule has 0 radical (unpaired) electrons. The van der Waals surface area contributed by atoms with Crippen LogP contribution in [0.25, 0.3) is 0 Å². The number of aromatic nitrogens is 2. The van der Waals surface area contributed by atoms with E-state index in [0.29, 0.717) is 0 Å². The van der Waals surface area contributed by atoms with E-state index in [1.807, 2.05) is 0 Å². The molecule has 2 N–H and O–H groups in total. The number of benzene rings is 1. The Morgan fingerprint density at radius 3 is 2.38 bits per heavy atom. The van der Waals surface area contributed by atoms with E-state index >= 15 is 0 Å². The van der Waals surface area contributed by atoms with Gasteiger partial charge in [0.1, 0.15) is 11.9 Å². The third kappa shape index (κ3) is 4.60. The molecule has 0 aliphatic carbocycles. The van der Waals surface area contributed by atoms with E-state index in [4.69, 9.17) is 14.6 Å². The Labute approximate surface area is 152 Å². The number of halogens is 1. The molecule has 10 heteroatoms. The van der Waals surface area contributed by atoms with Crippen LogP contribution < -0.4 is 14.8 Å². The maximum Gasteiger partial charge on any atom is 0.325 e. The molecule has 1 amide bonds. The van der Waals surface area contributed by atoms with Crippen LogP contribution in [0.1, 0.15) is 17.3 Å². The maximum atomic E-state index is 14.2. The van der Waals surface area contributed by atoms with Gasteiger partial charge in [-0.25, -0.2) is 4.39 Å². The molecule has 0 bridgehead atoms. The summed E-state index contributed by atoms with van der Waals surface area (Å²) in [7, 11) is 2.84. The summed E-state index contributed by atoms with van der Waals surface area (Å²) in [6.45, 7) is 1.28. The topological polar surface area (TPSA) is 111 Å². The van der Waals surface area contributed by atoms with E-state index in [1.54, 1.807) is 0 Å². The quantitative estimate of drug-likeness (QED) is 0.701. The van der Waals surface area contributed by atoms with Crippen molar-refractivity contribution < 1.29 is 28.6 Å². The van der Waals surface area contributed by atoms with Gasteiger partial charge in [0.15, 0.2) is 5.16 Å². The molecule has 8 nitrogen and oxygen atoms in total. The highest BCUT2D eigenvalue weighted by atomic mass is 32.2. The van der Waals surface area contributed by atoms with E-state index in [-0.39, 0.29) is 27.4 Å². The summed E-state index contributed by atoms with van der Waals surface area (Å²) in [5.41, 5.74) is -0.295. The Kier molecular flexibility index (Phi) is 6.34. The van der Waals surface area contributed by atoms with Crippen molar-refractivity contribution >= 4 is 23.6 Å². The number of hydrogen-bond acceptors (Lipinski definition) is 7. The zero-order valence-corrected chi connectivity index (χ0v) is 15.0. The van der Waals surface area contributed by atoms with Crippen LogP contribution in [0.15, 0.2) is 34.3 Å². The summed E-state index contributed by atoms with van der Waals surface area (Å²) in [5, 5.41) is 11.3. The number of rotatable bonds is 7. The highest BCUT2D eigenvalue weighted by molar-refractivity contribution is 7.99. The number of carbonyl (C=O) groups is 2. The minimum absolute atomic E-state index is 0.173. The number of amides is 1. The fraction of sp³-hybridized carbons (Fsp3) is 0.250. The van der Waals surface area contributed by atoms with Gasteiger partial charge in [0.05, 0.1) is 25.8 Å². The summed E-state index contributed by atoms with van der Waals surface area (Å²) >= 11 is 0.921. The lowest BCUT2D eigenvalue weighted by atomic mass is 10.2. The van der Waals surface area contributed by atoms with Gasteiger partial charge >= 0.3 is 5.97 Å². The lowest BCUT2D eigenvalue weighted by Crippen LogP contribution is -2.38. The number of carboxylic acids is 1. The number of hydrogen-bond donors (Lipinski definition) is 2. The van der Waals surface area contributed by atoms with Crippen molar-refractivity contribution in [1.82, 2.24) is 15.3 Å². The molecule has 1 aromatic carbocycles. The molecule has 138 valence electrons. The van der Waals surface area contributed by atoms with Crippen LogP contribution in [0.3, 0.4) is 0 Å². The van der Waals surface area contributed by atoms with E-state index in [2.05, 4.69) is 15.3 Å². The van der Waals surface area contributed by atoms with Crippen molar-refractivity contribution in [2.24, 2.45) is 0 Å². The van der Waals surface area contributed by atoms with Gasteiger partial charge in [0.2, 0.25) is 11.8 Å². The predicted octanol–water partition coefficient (Wildman–Crippen LogP) is 1.99. The highest BCUT2D eigenvalue weighted by Gasteiger charge is 2.22. The van der Waals surface area contributed by atoms with Gasteiger partial charge in [-0.1, -0.05) is 6.07 Å². The number of aliphatic carboxylic acids is 1. The van der Waals surface area contributed by atoms with Crippen LogP contribution in [0.2, 0.25) is 0 Å².